The van der Waals surface area contributed by atoms with Crippen LogP contribution in [0.5, 0.6) is 0 Å². The van der Waals surface area contributed by atoms with E-state index in [1.807, 2.05) is 0 Å². The van der Waals surface area contributed by atoms with E-state index >= 15 is 0 Å². The Bertz CT molecular complexity index is 368. The number of aromatic amines is 1. The third-order valence-corrected chi connectivity index (χ3v) is 3.61. The number of hydrogen-bond acceptors (Lipinski definition) is 3. The standard InChI is InChI=1S/C13H22N4O/c1-10(2)12(17-5-3-4-6-17)9-14-13(18)11-7-15-16-8-11/h7-8,10,12H,3-6,9H2,1-2H3,(H,14,18)(H,15,16). The van der Waals surface area contributed by atoms with E-state index in [1.165, 1.54) is 12.8 Å². The van der Waals surface area contributed by atoms with Crippen LogP contribution in [-0.4, -0.2) is 46.7 Å². The molecule has 0 spiro atoms. The van der Waals surface area contributed by atoms with Crippen molar-refractivity contribution in [1.82, 2.24) is 20.4 Å². The second-order valence-electron chi connectivity index (χ2n) is 5.25. The van der Waals surface area contributed by atoms with Gasteiger partial charge in [-0.15, -0.1) is 0 Å². The lowest BCUT2D eigenvalue weighted by atomic mass is 10.0. The van der Waals surface area contributed by atoms with Gasteiger partial charge in [0, 0.05) is 18.8 Å². The zero-order chi connectivity index (χ0) is 13.0. The maximum atomic E-state index is 11.9. The molecule has 1 aromatic rings. The van der Waals surface area contributed by atoms with Gasteiger partial charge in [-0.2, -0.15) is 5.10 Å². The molecular formula is C13H22N4O. The lowest BCUT2D eigenvalue weighted by molar-refractivity contribution is 0.0927. The topological polar surface area (TPSA) is 61.0 Å². The van der Waals surface area contributed by atoms with E-state index in [0.717, 1.165) is 13.1 Å². The van der Waals surface area contributed by atoms with Gasteiger partial charge in [0.05, 0.1) is 11.8 Å². The SMILES string of the molecule is CC(C)C(CNC(=O)c1cn[nH]c1)N1CCCC1. The zero-order valence-electron chi connectivity index (χ0n) is 11.1. The van der Waals surface area contributed by atoms with Crippen molar-refractivity contribution >= 4 is 5.91 Å². The maximum absolute atomic E-state index is 11.9. The summed E-state index contributed by atoms with van der Waals surface area (Å²) in [4.78, 5) is 14.3. The quantitative estimate of drug-likeness (QED) is 0.827. The largest absolute Gasteiger partial charge is 0.350 e. The third kappa shape index (κ3) is 3.10. The number of nitrogens with one attached hydrogen (secondary N) is 2. The van der Waals surface area contributed by atoms with E-state index < -0.39 is 0 Å². The average Bonchev–Trinajstić information content (AvgIpc) is 3.01. The Labute approximate surface area is 108 Å². The van der Waals surface area contributed by atoms with Crippen molar-refractivity contribution in [2.24, 2.45) is 5.92 Å². The Balaban J connectivity index is 1.87. The smallest absolute Gasteiger partial charge is 0.254 e. The first-order chi connectivity index (χ1) is 8.68. The molecule has 1 aliphatic rings. The van der Waals surface area contributed by atoms with Crippen molar-refractivity contribution in [3.05, 3.63) is 18.0 Å². The highest BCUT2D eigenvalue weighted by atomic mass is 16.1. The van der Waals surface area contributed by atoms with Crippen LogP contribution in [0.3, 0.4) is 0 Å². The second kappa shape index (κ2) is 6.00. The van der Waals surface area contributed by atoms with Crippen molar-refractivity contribution in [1.29, 1.82) is 0 Å². The van der Waals surface area contributed by atoms with Crippen LogP contribution in [0.15, 0.2) is 12.4 Å². The Morgan fingerprint density at radius 3 is 2.78 bits per heavy atom. The maximum Gasteiger partial charge on any atom is 0.254 e. The van der Waals surface area contributed by atoms with E-state index in [1.54, 1.807) is 12.4 Å². The van der Waals surface area contributed by atoms with Gasteiger partial charge in [-0.3, -0.25) is 14.8 Å². The van der Waals surface area contributed by atoms with Crippen LogP contribution in [0.25, 0.3) is 0 Å². The fourth-order valence-electron chi connectivity index (χ4n) is 2.53. The van der Waals surface area contributed by atoms with E-state index in [0.29, 0.717) is 24.1 Å². The van der Waals surface area contributed by atoms with Gasteiger partial charge in [-0.05, 0) is 31.8 Å². The fraction of sp³-hybridized carbons (Fsp3) is 0.692. The van der Waals surface area contributed by atoms with Gasteiger partial charge < -0.3 is 5.32 Å². The molecule has 0 saturated carbocycles. The highest BCUT2D eigenvalue weighted by Crippen LogP contribution is 2.17. The molecule has 5 heteroatoms. The molecular weight excluding hydrogens is 228 g/mol. The van der Waals surface area contributed by atoms with Crippen LogP contribution >= 0.6 is 0 Å². The van der Waals surface area contributed by atoms with Crippen LogP contribution in [0.2, 0.25) is 0 Å². The summed E-state index contributed by atoms with van der Waals surface area (Å²) in [5.41, 5.74) is 0.596. The summed E-state index contributed by atoms with van der Waals surface area (Å²) in [7, 11) is 0. The minimum Gasteiger partial charge on any atom is -0.350 e. The molecule has 1 amide bonds. The molecule has 5 nitrogen and oxygen atoms in total. The highest BCUT2D eigenvalue weighted by molar-refractivity contribution is 5.93. The van der Waals surface area contributed by atoms with E-state index in [-0.39, 0.29) is 5.91 Å². The average molecular weight is 250 g/mol. The summed E-state index contributed by atoms with van der Waals surface area (Å²) >= 11 is 0. The van der Waals surface area contributed by atoms with Crippen molar-refractivity contribution in [3.63, 3.8) is 0 Å². The Hall–Kier alpha value is -1.36. The molecule has 2 heterocycles. The highest BCUT2D eigenvalue weighted by Gasteiger charge is 2.25. The van der Waals surface area contributed by atoms with Gasteiger partial charge in [-0.25, -0.2) is 0 Å². The number of carbonyl (C=O) groups excluding carboxylic acids is 1. The molecule has 1 aliphatic heterocycles. The molecule has 1 saturated heterocycles. The number of hydrogen-bond donors (Lipinski definition) is 2. The molecule has 1 unspecified atom stereocenters. The number of H-pyrrole nitrogens is 1. The molecule has 1 atom stereocenters. The van der Waals surface area contributed by atoms with Crippen molar-refractivity contribution in [3.8, 4) is 0 Å². The predicted octanol–water partition coefficient (Wildman–Crippen LogP) is 1.26. The van der Waals surface area contributed by atoms with E-state index in [4.69, 9.17) is 0 Å². The molecule has 100 valence electrons. The van der Waals surface area contributed by atoms with Crippen molar-refractivity contribution in [2.45, 2.75) is 32.7 Å². The molecule has 1 aromatic heterocycles. The van der Waals surface area contributed by atoms with Crippen LogP contribution in [0.1, 0.15) is 37.0 Å². The Kier molecular flexibility index (Phi) is 4.36. The number of likely N-dealkylation sites (tertiary alicyclic amines) is 1. The number of rotatable bonds is 5. The van der Waals surface area contributed by atoms with Gasteiger partial charge in [-0.1, -0.05) is 13.8 Å². The molecule has 18 heavy (non-hydrogen) atoms. The van der Waals surface area contributed by atoms with Gasteiger partial charge in [0.2, 0.25) is 0 Å². The molecule has 2 rings (SSSR count). The molecule has 0 aromatic carbocycles. The van der Waals surface area contributed by atoms with Gasteiger partial charge in [0.15, 0.2) is 0 Å². The van der Waals surface area contributed by atoms with Crippen LogP contribution in [0.4, 0.5) is 0 Å². The zero-order valence-corrected chi connectivity index (χ0v) is 11.1. The molecule has 1 fully saturated rings. The molecule has 0 radical (unpaired) electrons. The number of aromatic nitrogens is 2. The summed E-state index contributed by atoms with van der Waals surface area (Å²) in [5, 5.41) is 9.44. The summed E-state index contributed by atoms with van der Waals surface area (Å²) in [6, 6.07) is 0.434. The number of amides is 1. The lowest BCUT2D eigenvalue weighted by Gasteiger charge is -2.30. The normalized spacial score (nSPS) is 18.2. The first-order valence-corrected chi connectivity index (χ1v) is 6.69. The summed E-state index contributed by atoms with van der Waals surface area (Å²) < 4.78 is 0. The minimum atomic E-state index is -0.0476. The number of nitrogens with zero attached hydrogens (tertiary/aromatic N) is 2. The first-order valence-electron chi connectivity index (χ1n) is 6.69. The second-order valence-corrected chi connectivity index (χ2v) is 5.25. The molecule has 0 bridgehead atoms. The van der Waals surface area contributed by atoms with Gasteiger partial charge in [0.1, 0.15) is 0 Å². The van der Waals surface area contributed by atoms with E-state index in [2.05, 4.69) is 34.3 Å². The summed E-state index contributed by atoms with van der Waals surface area (Å²) in [5.74, 6) is 0.501. The minimum absolute atomic E-state index is 0.0476. The fourth-order valence-corrected chi connectivity index (χ4v) is 2.53. The van der Waals surface area contributed by atoms with Crippen LogP contribution < -0.4 is 5.32 Å². The summed E-state index contributed by atoms with van der Waals surface area (Å²) in [6.07, 6.45) is 5.73. The van der Waals surface area contributed by atoms with Crippen molar-refractivity contribution in [2.75, 3.05) is 19.6 Å². The Morgan fingerprint density at radius 1 is 1.50 bits per heavy atom. The third-order valence-electron chi connectivity index (χ3n) is 3.61. The number of carbonyl (C=O) groups is 1. The lowest BCUT2D eigenvalue weighted by Crippen LogP contribution is -2.45. The van der Waals surface area contributed by atoms with Gasteiger partial charge >= 0.3 is 0 Å². The predicted molar refractivity (Wildman–Crippen MR) is 70.4 cm³/mol. The first kappa shape index (κ1) is 13.1. The molecule has 2 N–H and O–H groups in total. The van der Waals surface area contributed by atoms with Crippen LogP contribution in [-0.2, 0) is 0 Å². The van der Waals surface area contributed by atoms with Crippen molar-refractivity contribution < 1.29 is 4.79 Å². The summed E-state index contributed by atoms with van der Waals surface area (Å²) in [6.45, 7) is 7.45. The van der Waals surface area contributed by atoms with Gasteiger partial charge in [0.25, 0.3) is 5.91 Å². The van der Waals surface area contributed by atoms with E-state index in [9.17, 15) is 4.79 Å². The monoisotopic (exact) mass is 250 g/mol. The van der Waals surface area contributed by atoms with Crippen LogP contribution in [0, 0.1) is 5.92 Å². The molecule has 0 aliphatic carbocycles. The Morgan fingerprint density at radius 2 is 2.22 bits per heavy atom.